The van der Waals surface area contributed by atoms with E-state index in [0.29, 0.717) is 28.5 Å². The maximum absolute atomic E-state index is 13.4. The van der Waals surface area contributed by atoms with Crippen LogP contribution in [0.2, 0.25) is 0 Å². The van der Waals surface area contributed by atoms with E-state index in [1.54, 1.807) is 37.6 Å². The van der Waals surface area contributed by atoms with E-state index in [9.17, 15) is 9.59 Å². The molecule has 2 aromatic heterocycles. The Morgan fingerprint density at radius 1 is 1.17 bits per heavy atom. The number of esters is 1. The van der Waals surface area contributed by atoms with E-state index in [1.165, 1.54) is 7.11 Å². The van der Waals surface area contributed by atoms with Gasteiger partial charge in [0.25, 0.3) is 0 Å². The molecule has 8 heteroatoms. The molecule has 0 saturated heterocycles. The van der Waals surface area contributed by atoms with Crippen LogP contribution in [0.4, 0.5) is 0 Å². The van der Waals surface area contributed by atoms with Gasteiger partial charge in [-0.1, -0.05) is 6.07 Å². The second-order valence-corrected chi connectivity index (χ2v) is 8.70. The van der Waals surface area contributed by atoms with Gasteiger partial charge in [-0.05, 0) is 42.5 Å². The summed E-state index contributed by atoms with van der Waals surface area (Å²) in [6.45, 7) is 0. The number of aryl methyl sites for hydroxylation is 1. The minimum absolute atomic E-state index is 0.0573. The summed E-state index contributed by atoms with van der Waals surface area (Å²) in [4.78, 5) is 30.1. The van der Waals surface area contributed by atoms with Crippen LogP contribution in [0.15, 0.2) is 60.6 Å². The van der Waals surface area contributed by atoms with Crippen LogP contribution >= 0.6 is 0 Å². The number of carbonyl (C=O) groups is 2. The molecule has 6 rings (SSSR count). The number of allylic oxidation sites excluding steroid dienone is 1. The molecule has 0 N–H and O–H groups in total. The first kappa shape index (κ1) is 21.9. The molecule has 0 radical (unpaired) electrons. The number of ketones is 1. The van der Waals surface area contributed by atoms with Crippen molar-refractivity contribution >= 4 is 28.7 Å². The van der Waals surface area contributed by atoms with E-state index >= 15 is 0 Å². The summed E-state index contributed by atoms with van der Waals surface area (Å²) in [5.74, 6) is 1.17. The van der Waals surface area contributed by atoms with E-state index in [-0.39, 0.29) is 23.9 Å². The smallest absolute Gasteiger partial charge is 0.306 e. The molecule has 4 aromatic rings. The molecule has 0 amide bonds. The third-order valence-corrected chi connectivity index (χ3v) is 6.68. The Bertz CT molecular complexity index is 1600. The second-order valence-electron chi connectivity index (χ2n) is 8.70. The Morgan fingerprint density at radius 2 is 2.03 bits per heavy atom. The third kappa shape index (κ3) is 3.33. The molecule has 0 aliphatic carbocycles. The van der Waals surface area contributed by atoms with E-state index in [4.69, 9.17) is 18.9 Å². The number of hydrogen-bond donors (Lipinski definition) is 0. The number of pyridine rings is 1. The van der Waals surface area contributed by atoms with Crippen molar-refractivity contribution in [3.05, 3.63) is 82.9 Å². The van der Waals surface area contributed by atoms with Gasteiger partial charge in [0.2, 0.25) is 11.7 Å². The first-order valence-electron chi connectivity index (χ1n) is 11.4. The number of Topliss-reactive ketones (excluding diaryl/α,β-unsaturated/α-hetero) is 1. The van der Waals surface area contributed by atoms with Crippen LogP contribution in [0.25, 0.3) is 17.0 Å². The van der Waals surface area contributed by atoms with E-state index in [0.717, 1.165) is 27.8 Å². The third-order valence-electron chi connectivity index (χ3n) is 6.68. The van der Waals surface area contributed by atoms with Crippen LogP contribution in [0.5, 0.6) is 23.1 Å². The monoisotopic (exact) mass is 482 g/mol. The number of carbonyl (C=O) groups excluding carboxylic acids is 2. The molecule has 8 nitrogen and oxygen atoms in total. The molecule has 2 aliphatic heterocycles. The van der Waals surface area contributed by atoms with Crippen molar-refractivity contribution in [2.75, 3.05) is 14.2 Å². The van der Waals surface area contributed by atoms with Gasteiger partial charge in [0.15, 0.2) is 5.76 Å². The predicted molar refractivity (Wildman–Crippen MR) is 132 cm³/mol. The minimum Gasteiger partial charge on any atom is -0.497 e. The lowest BCUT2D eigenvalue weighted by atomic mass is 9.85. The van der Waals surface area contributed by atoms with E-state index in [1.807, 2.05) is 42.1 Å². The molecule has 1 unspecified atom stereocenters. The van der Waals surface area contributed by atoms with E-state index < -0.39 is 5.92 Å². The van der Waals surface area contributed by atoms with E-state index in [2.05, 4.69) is 4.98 Å². The molecule has 0 fully saturated rings. The van der Waals surface area contributed by atoms with Crippen LogP contribution < -0.4 is 14.2 Å². The van der Waals surface area contributed by atoms with Gasteiger partial charge in [-0.15, -0.1) is 0 Å². The largest absolute Gasteiger partial charge is 0.497 e. The fourth-order valence-electron chi connectivity index (χ4n) is 4.93. The molecule has 2 aliphatic rings. The van der Waals surface area contributed by atoms with Crippen molar-refractivity contribution in [2.45, 2.75) is 12.3 Å². The molecule has 2 aromatic carbocycles. The molecule has 180 valence electrons. The Labute approximate surface area is 206 Å². The van der Waals surface area contributed by atoms with Gasteiger partial charge in [0.05, 0.1) is 26.2 Å². The Kier molecular flexibility index (Phi) is 5.03. The fraction of sp³-hybridized carbons (Fsp3) is 0.179. The lowest BCUT2D eigenvalue weighted by Gasteiger charge is -2.27. The standard InChI is InChI=1S/C28H22N2O6/c1-30-14-15(19-12-16(33-2)6-8-21(19)30)11-23-26(32)18-7-9-22-25(27(18)35-23)20(13-24(31)34-3)17-5-4-10-29-28(17)36-22/h4-12,14,20H,13H2,1-3H3/b23-11-. The van der Waals surface area contributed by atoms with Gasteiger partial charge in [0, 0.05) is 53.0 Å². The zero-order valence-corrected chi connectivity index (χ0v) is 19.9. The number of benzene rings is 2. The highest BCUT2D eigenvalue weighted by atomic mass is 16.5. The zero-order chi connectivity index (χ0) is 25.0. The maximum Gasteiger partial charge on any atom is 0.306 e. The number of ether oxygens (including phenoxy) is 4. The SMILES string of the molecule is COC(=O)CC1c2cccnc2Oc2ccc3c(c21)O/C(=C\c1cn(C)c2ccc(OC)cc12)C3=O. The van der Waals surface area contributed by atoms with Crippen molar-refractivity contribution in [2.24, 2.45) is 7.05 Å². The van der Waals surface area contributed by atoms with Gasteiger partial charge in [-0.25, -0.2) is 4.98 Å². The van der Waals surface area contributed by atoms with Crippen molar-refractivity contribution in [3.63, 3.8) is 0 Å². The molecular weight excluding hydrogens is 460 g/mol. The predicted octanol–water partition coefficient (Wildman–Crippen LogP) is 5.00. The summed E-state index contributed by atoms with van der Waals surface area (Å²) >= 11 is 0. The normalized spacial score (nSPS) is 16.7. The quantitative estimate of drug-likeness (QED) is 0.299. The van der Waals surface area contributed by atoms with Gasteiger partial charge in [-0.3, -0.25) is 9.59 Å². The Balaban J connectivity index is 1.46. The highest BCUT2D eigenvalue weighted by Crippen LogP contribution is 2.52. The highest BCUT2D eigenvalue weighted by molar-refractivity contribution is 6.15. The average molecular weight is 482 g/mol. The van der Waals surface area contributed by atoms with Gasteiger partial charge < -0.3 is 23.5 Å². The number of methoxy groups -OCH3 is 2. The van der Waals surface area contributed by atoms with Gasteiger partial charge in [0.1, 0.15) is 17.2 Å². The number of nitrogens with zero attached hydrogens (tertiary/aromatic N) is 2. The Hall–Kier alpha value is -4.59. The van der Waals surface area contributed by atoms with Crippen LogP contribution in [-0.2, 0) is 16.6 Å². The summed E-state index contributed by atoms with van der Waals surface area (Å²) in [5.41, 5.74) is 3.61. The summed E-state index contributed by atoms with van der Waals surface area (Å²) in [5, 5.41) is 0.936. The summed E-state index contributed by atoms with van der Waals surface area (Å²) in [6.07, 6.45) is 5.37. The van der Waals surface area contributed by atoms with Crippen LogP contribution in [-0.4, -0.2) is 35.5 Å². The van der Waals surface area contributed by atoms with Crippen molar-refractivity contribution < 1.29 is 28.5 Å². The molecule has 36 heavy (non-hydrogen) atoms. The van der Waals surface area contributed by atoms with Crippen LogP contribution in [0.3, 0.4) is 0 Å². The molecule has 0 bridgehead atoms. The molecular formula is C28H22N2O6. The maximum atomic E-state index is 13.4. The van der Waals surface area contributed by atoms with Crippen molar-refractivity contribution in [1.82, 2.24) is 9.55 Å². The van der Waals surface area contributed by atoms with Crippen LogP contribution in [0, 0.1) is 0 Å². The molecule has 0 saturated carbocycles. The second kappa shape index (κ2) is 8.27. The minimum atomic E-state index is -0.436. The lowest BCUT2D eigenvalue weighted by molar-refractivity contribution is -0.140. The molecule has 1 atom stereocenters. The number of aromatic nitrogens is 2. The Morgan fingerprint density at radius 3 is 2.83 bits per heavy atom. The summed E-state index contributed by atoms with van der Waals surface area (Å²) in [7, 11) is 4.91. The first-order chi connectivity index (χ1) is 17.5. The van der Waals surface area contributed by atoms with Crippen molar-refractivity contribution in [3.8, 4) is 23.1 Å². The molecule has 4 heterocycles. The average Bonchev–Trinajstić information content (AvgIpc) is 3.38. The van der Waals surface area contributed by atoms with Crippen LogP contribution in [0.1, 0.15) is 39.4 Å². The summed E-state index contributed by atoms with van der Waals surface area (Å²) < 4.78 is 24.6. The zero-order valence-electron chi connectivity index (χ0n) is 19.9. The number of rotatable bonds is 4. The number of fused-ring (bicyclic) bond motifs is 5. The summed E-state index contributed by atoms with van der Waals surface area (Å²) in [6, 6.07) is 12.9. The van der Waals surface area contributed by atoms with Crippen molar-refractivity contribution in [1.29, 1.82) is 0 Å². The topological polar surface area (TPSA) is 88.9 Å². The lowest BCUT2D eigenvalue weighted by Crippen LogP contribution is -2.16. The highest BCUT2D eigenvalue weighted by Gasteiger charge is 2.39. The van der Waals surface area contributed by atoms with Gasteiger partial charge >= 0.3 is 5.97 Å². The first-order valence-corrected chi connectivity index (χ1v) is 11.4. The molecule has 0 spiro atoms. The van der Waals surface area contributed by atoms with Gasteiger partial charge in [-0.2, -0.15) is 0 Å². The fourth-order valence-corrected chi connectivity index (χ4v) is 4.93. The number of hydrogen-bond acceptors (Lipinski definition) is 7.